The zero-order valence-corrected chi connectivity index (χ0v) is 11.7. The molecule has 0 aromatic carbocycles. The molecule has 0 saturated carbocycles. The van der Waals surface area contributed by atoms with Crippen molar-refractivity contribution < 1.29 is 23.4 Å². The van der Waals surface area contributed by atoms with Crippen LogP contribution in [0.25, 0.3) is 0 Å². The summed E-state index contributed by atoms with van der Waals surface area (Å²) in [5.74, 6) is 0.691. The van der Waals surface area contributed by atoms with Gasteiger partial charge in [0.05, 0.1) is 13.2 Å². The van der Waals surface area contributed by atoms with Gasteiger partial charge in [-0.2, -0.15) is 0 Å². The van der Waals surface area contributed by atoms with Crippen LogP contribution < -0.4 is 0 Å². The smallest absolute Gasteiger partial charge is 0.335 e. The molecule has 8 heteroatoms. The Balaban J connectivity index is 3.87. The lowest BCUT2D eigenvalue weighted by atomic mass is 10.7. The summed E-state index contributed by atoms with van der Waals surface area (Å²) in [4.78, 5) is 0. The maximum absolute atomic E-state index is 8.97. The van der Waals surface area contributed by atoms with E-state index in [4.69, 9.17) is 46.6 Å². The van der Waals surface area contributed by atoms with Crippen LogP contribution >= 0.6 is 31.8 Å². The molecule has 0 aliphatic carbocycles. The number of hydrogen-bond acceptors (Lipinski definition) is 5. The Bertz CT molecular complexity index is 155. The first-order valence-electron chi connectivity index (χ1n) is 4.78. The van der Waals surface area contributed by atoms with Crippen molar-refractivity contribution >= 4 is 31.8 Å². The first-order chi connectivity index (χ1) is 7.60. The second kappa shape index (κ2) is 10.9. The van der Waals surface area contributed by atoms with Gasteiger partial charge in [-0.1, -0.05) is 0 Å². The maximum atomic E-state index is 8.97. The molecule has 0 amide bonds. The van der Waals surface area contributed by atoms with Crippen molar-refractivity contribution in [3.63, 3.8) is 0 Å². The molecule has 0 heterocycles. The largest absolute Gasteiger partial charge is 0.368 e. The number of aliphatic hydroxyl groups is 1. The molecule has 98 valence electrons. The number of halogens is 2. The van der Waals surface area contributed by atoms with Crippen LogP contribution in [-0.4, -0.2) is 42.7 Å². The van der Waals surface area contributed by atoms with Gasteiger partial charge in [0.2, 0.25) is 0 Å². The number of hydrogen-bond donors (Lipinski definition) is 1. The van der Waals surface area contributed by atoms with Gasteiger partial charge in [-0.3, -0.25) is 4.52 Å². The molecule has 0 aliphatic heterocycles. The van der Waals surface area contributed by atoms with Crippen LogP contribution in [-0.2, 0) is 18.3 Å². The van der Waals surface area contributed by atoms with Crippen LogP contribution in [0.1, 0.15) is 13.8 Å². The highest BCUT2D eigenvalue weighted by atomic mass is 35.5. The molecule has 0 radical (unpaired) electrons. The Morgan fingerprint density at radius 1 is 1.12 bits per heavy atom. The molecule has 0 aromatic rings. The molecule has 5 nitrogen and oxygen atoms in total. The van der Waals surface area contributed by atoms with Gasteiger partial charge >= 0.3 is 8.60 Å². The van der Waals surface area contributed by atoms with Gasteiger partial charge in [0, 0.05) is 11.8 Å². The van der Waals surface area contributed by atoms with E-state index in [1.807, 2.05) is 0 Å². The number of aliphatic hydroxyl groups excluding tert-OH is 1. The van der Waals surface area contributed by atoms with E-state index in [0.29, 0.717) is 25.0 Å². The van der Waals surface area contributed by atoms with Gasteiger partial charge in [-0.25, -0.2) is 0 Å². The number of rotatable bonds is 10. The zero-order chi connectivity index (χ0) is 12.4. The lowest BCUT2D eigenvalue weighted by molar-refractivity contribution is -0.183. The molecule has 2 unspecified atom stereocenters. The summed E-state index contributed by atoms with van der Waals surface area (Å²) in [6.07, 6.45) is -1.54. The van der Waals surface area contributed by atoms with Crippen molar-refractivity contribution in [1.82, 2.24) is 0 Å². The van der Waals surface area contributed by atoms with Gasteiger partial charge in [-0.05, 0) is 13.8 Å². The third-order valence-electron chi connectivity index (χ3n) is 1.17. The summed E-state index contributed by atoms with van der Waals surface area (Å²) in [5, 5.41) is 8.97. The van der Waals surface area contributed by atoms with Gasteiger partial charge in [0.25, 0.3) is 0 Å². The van der Waals surface area contributed by atoms with Crippen molar-refractivity contribution in [2.45, 2.75) is 26.4 Å². The summed E-state index contributed by atoms with van der Waals surface area (Å²) in [6.45, 7) is 3.76. The number of ether oxygens (including phenoxy) is 1. The van der Waals surface area contributed by atoms with E-state index >= 15 is 0 Å². The van der Waals surface area contributed by atoms with E-state index in [0.717, 1.165) is 0 Å². The Morgan fingerprint density at radius 3 is 2.00 bits per heavy atom. The summed E-state index contributed by atoms with van der Waals surface area (Å²) in [6, 6.07) is 0. The van der Waals surface area contributed by atoms with Crippen molar-refractivity contribution in [3.05, 3.63) is 0 Å². The zero-order valence-electron chi connectivity index (χ0n) is 9.27. The van der Waals surface area contributed by atoms with Gasteiger partial charge < -0.3 is 18.9 Å². The maximum Gasteiger partial charge on any atom is 0.335 e. The molecular weight excluding hydrogens is 278 g/mol. The fraction of sp³-hybridized carbons (Fsp3) is 1.00. The molecule has 0 aromatic heterocycles. The van der Waals surface area contributed by atoms with Crippen LogP contribution in [0.15, 0.2) is 0 Å². The van der Waals surface area contributed by atoms with E-state index in [2.05, 4.69) is 0 Å². The summed E-state index contributed by atoms with van der Waals surface area (Å²) in [5.41, 5.74) is 0. The summed E-state index contributed by atoms with van der Waals surface area (Å²) < 4.78 is 20.7. The average Bonchev–Trinajstić information content (AvgIpc) is 2.20. The molecule has 0 bridgehead atoms. The third kappa shape index (κ3) is 10.00. The van der Waals surface area contributed by atoms with E-state index in [-0.39, 0.29) is 0 Å². The van der Waals surface area contributed by atoms with Crippen molar-refractivity contribution in [1.29, 1.82) is 0 Å². The fourth-order valence-corrected chi connectivity index (χ4v) is 2.08. The van der Waals surface area contributed by atoms with Crippen molar-refractivity contribution in [2.24, 2.45) is 0 Å². The minimum Gasteiger partial charge on any atom is -0.368 e. The molecule has 0 aliphatic rings. The Labute approximate surface area is 107 Å². The van der Waals surface area contributed by atoms with E-state index in [1.54, 1.807) is 6.92 Å². The standard InChI is InChI=1S/C8H17Cl2O5P/c1-7(11)14-8(2)15-16(12-5-3-9)13-6-4-10/h7-8,11H,3-6H2,1-2H3. The topological polar surface area (TPSA) is 57.2 Å². The second-order valence-corrected chi connectivity index (χ2v) is 4.61. The van der Waals surface area contributed by atoms with E-state index in [1.165, 1.54) is 6.92 Å². The molecule has 0 saturated heterocycles. The van der Waals surface area contributed by atoms with E-state index in [9.17, 15) is 0 Å². The molecule has 16 heavy (non-hydrogen) atoms. The Hall–Kier alpha value is 0.810. The molecule has 0 fully saturated rings. The minimum absolute atomic E-state index is 0.316. The second-order valence-electron chi connectivity index (χ2n) is 2.68. The van der Waals surface area contributed by atoms with Crippen LogP contribution in [0, 0.1) is 0 Å². The normalized spacial score (nSPS) is 15.4. The molecule has 1 N–H and O–H groups in total. The highest BCUT2D eigenvalue weighted by molar-refractivity contribution is 7.41. The minimum atomic E-state index is -1.55. The van der Waals surface area contributed by atoms with Crippen LogP contribution in [0.4, 0.5) is 0 Å². The molecule has 0 spiro atoms. The quantitative estimate of drug-likeness (QED) is 0.381. The van der Waals surface area contributed by atoms with Crippen molar-refractivity contribution in [2.75, 3.05) is 25.0 Å². The lowest BCUT2D eigenvalue weighted by Gasteiger charge is -2.21. The van der Waals surface area contributed by atoms with E-state index < -0.39 is 21.2 Å². The van der Waals surface area contributed by atoms with Gasteiger partial charge in [0.1, 0.15) is 0 Å². The highest BCUT2D eigenvalue weighted by Crippen LogP contribution is 2.41. The molecule has 2 atom stereocenters. The average molecular weight is 295 g/mol. The third-order valence-corrected chi connectivity index (χ3v) is 2.74. The Kier molecular flexibility index (Phi) is 11.5. The summed E-state index contributed by atoms with van der Waals surface area (Å²) >= 11 is 11.0. The Morgan fingerprint density at radius 2 is 1.62 bits per heavy atom. The first kappa shape index (κ1) is 16.8. The van der Waals surface area contributed by atoms with Gasteiger partial charge in [0.15, 0.2) is 12.6 Å². The summed E-state index contributed by atoms with van der Waals surface area (Å²) in [7, 11) is -1.55. The first-order valence-corrected chi connectivity index (χ1v) is 6.94. The van der Waals surface area contributed by atoms with Crippen LogP contribution in [0.2, 0.25) is 0 Å². The fourth-order valence-electron chi connectivity index (χ4n) is 0.740. The predicted molar refractivity (Wildman–Crippen MR) is 63.6 cm³/mol. The highest BCUT2D eigenvalue weighted by Gasteiger charge is 2.18. The number of alkyl halides is 2. The molecular formula is C8H17Cl2O5P. The van der Waals surface area contributed by atoms with Gasteiger partial charge in [-0.15, -0.1) is 23.2 Å². The molecule has 0 rings (SSSR count). The van der Waals surface area contributed by atoms with Crippen LogP contribution in [0.5, 0.6) is 0 Å². The SMILES string of the molecule is CC(O)OC(C)OP(OCCCl)OCCCl. The van der Waals surface area contributed by atoms with Crippen LogP contribution in [0.3, 0.4) is 0 Å². The van der Waals surface area contributed by atoms with Crippen molar-refractivity contribution in [3.8, 4) is 0 Å². The monoisotopic (exact) mass is 294 g/mol. The predicted octanol–water partition coefficient (Wildman–Crippen LogP) is 2.44. The lowest BCUT2D eigenvalue weighted by Crippen LogP contribution is -2.18.